The van der Waals surface area contributed by atoms with Crippen LogP contribution in [0.2, 0.25) is 0 Å². The van der Waals surface area contributed by atoms with Crippen LogP contribution in [0.25, 0.3) is 0 Å². The molecule has 104 valence electrons. The molecule has 0 heterocycles. The molecule has 6 heteroatoms. The zero-order valence-electron chi connectivity index (χ0n) is 10.9. The van der Waals surface area contributed by atoms with Crippen LogP contribution in [0.3, 0.4) is 0 Å². The Hall–Kier alpha value is -0.330. The Bertz CT molecular complexity index is 207. The highest BCUT2D eigenvalue weighted by Crippen LogP contribution is 2.24. The lowest BCUT2D eigenvalue weighted by Crippen LogP contribution is -2.50. The average Bonchev–Trinajstić information content (AvgIpc) is 2.15. The number of likely N-dealkylation sites (N-methyl/N-ethyl adjacent to an activating group) is 1. The lowest BCUT2D eigenvalue weighted by molar-refractivity contribution is -0.136. The van der Waals surface area contributed by atoms with E-state index in [4.69, 9.17) is 5.73 Å². The molecule has 0 bridgehead atoms. The van der Waals surface area contributed by atoms with E-state index in [9.17, 15) is 13.2 Å². The average molecular weight is 255 g/mol. The molecule has 0 amide bonds. The number of rotatable bonds is 8. The molecule has 0 aromatic carbocycles. The third-order valence-corrected chi connectivity index (χ3v) is 2.75. The molecule has 0 rings (SSSR count). The smallest absolute Gasteiger partial charge is 0.329 e. The molecule has 3 nitrogen and oxygen atoms in total. The van der Waals surface area contributed by atoms with Crippen molar-refractivity contribution in [3.63, 3.8) is 0 Å². The topological polar surface area (TPSA) is 41.3 Å². The Morgan fingerprint density at radius 3 is 2.18 bits per heavy atom. The van der Waals surface area contributed by atoms with Crippen molar-refractivity contribution >= 4 is 0 Å². The number of halogens is 3. The molecule has 3 N–H and O–H groups in total. The van der Waals surface area contributed by atoms with Crippen LogP contribution in [-0.2, 0) is 0 Å². The summed E-state index contributed by atoms with van der Waals surface area (Å²) in [5.74, 6) is 0. The van der Waals surface area contributed by atoms with E-state index in [2.05, 4.69) is 5.32 Å². The van der Waals surface area contributed by atoms with Crippen molar-refractivity contribution in [3.8, 4) is 0 Å². The van der Waals surface area contributed by atoms with E-state index in [-0.39, 0.29) is 6.42 Å². The molecule has 17 heavy (non-hydrogen) atoms. The fraction of sp³-hybridized carbons (Fsp3) is 1.00. The number of nitrogens with two attached hydrogens (primary N) is 1. The maximum atomic E-state index is 12.0. The predicted molar refractivity (Wildman–Crippen MR) is 63.9 cm³/mol. The second kappa shape index (κ2) is 7.18. The molecule has 1 atom stereocenters. The third kappa shape index (κ3) is 9.38. The quantitative estimate of drug-likeness (QED) is 0.692. The van der Waals surface area contributed by atoms with Gasteiger partial charge in [-0.25, -0.2) is 0 Å². The van der Waals surface area contributed by atoms with E-state index in [1.807, 2.05) is 25.9 Å². The molecule has 0 saturated carbocycles. The number of nitrogens with zero attached hydrogens (tertiary/aromatic N) is 1. The summed E-state index contributed by atoms with van der Waals surface area (Å²) in [5.41, 5.74) is 5.21. The molecule has 0 saturated heterocycles. The van der Waals surface area contributed by atoms with Gasteiger partial charge in [-0.2, -0.15) is 13.2 Å². The summed E-state index contributed by atoms with van der Waals surface area (Å²) in [5, 5.41) is 3.23. The summed E-state index contributed by atoms with van der Waals surface area (Å²) in [6.45, 7) is 3.79. The Morgan fingerprint density at radius 1 is 1.18 bits per heavy atom. The number of alkyl halides is 3. The van der Waals surface area contributed by atoms with Crippen LogP contribution in [0.15, 0.2) is 0 Å². The molecule has 0 aromatic heterocycles. The van der Waals surface area contributed by atoms with E-state index in [1.165, 1.54) is 0 Å². The van der Waals surface area contributed by atoms with E-state index in [1.54, 1.807) is 0 Å². The number of nitrogens with one attached hydrogen (secondary N) is 1. The molecule has 0 spiro atoms. The zero-order chi connectivity index (χ0) is 13.5. The van der Waals surface area contributed by atoms with Crippen molar-refractivity contribution in [1.82, 2.24) is 10.2 Å². The van der Waals surface area contributed by atoms with Gasteiger partial charge < -0.3 is 16.0 Å². The molecule has 0 radical (unpaired) electrons. The lowest BCUT2D eigenvalue weighted by Gasteiger charge is -2.30. The molecule has 0 fully saturated rings. The van der Waals surface area contributed by atoms with Gasteiger partial charge in [0.1, 0.15) is 0 Å². The van der Waals surface area contributed by atoms with Gasteiger partial charge in [-0.1, -0.05) is 0 Å². The van der Waals surface area contributed by atoms with Crippen molar-refractivity contribution < 1.29 is 13.2 Å². The van der Waals surface area contributed by atoms with Crippen molar-refractivity contribution in [3.05, 3.63) is 0 Å². The van der Waals surface area contributed by atoms with Gasteiger partial charge in [-0.05, 0) is 33.9 Å². The molecule has 0 aliphatic rings. The van der Waals surface area contributed by atoms with Gasteiger partial charge >= 0.3 is 6.18 Å². The first-order valence-electron chi connectivity index (χ1n) is 5.85. The van der Waals surface area contributed by atoms with Crippen LogP contribution < -0.4 is 11.1 Å². The minimum atomic E-state index is -4.07. The van der Waals surface area contributed by atoms with Crippen molar-refractivity contribution in [2.45, 2.75) is 37.9 Å². The number of hydrogen-bond acceptors (Lipinski definition) is 3. The highest BCUT2D eigenvalue weighted by molar-refractivity contribution is 4.84. The molecular formula is C11H24F3N3. The predicted octanol–water partition coefficient (Wildman–Crippen LogP) is 1.59. The largest absolute Gasteiger partial charge is 0.389 e. The molecule has 0 aliphatic carbocycles. The first-order valence-corrected chi connectivity index (χ1v) is 5.85. The summed E-state index contributed by atoms with van der Waals surface area (Å²) in [4.78, 5) is 2.01. The Balaban J connectivity index is 3.93. The van der Waals surface area contributed by atoms with Crippen molar-refractivity contribution in [2.24, 2.45) is 5.73 Å². The van der Waals surface area contributed by atoms with Gasteiger partial charge in [0, 0.05) is 31.6 Å². The fourth-order valence-corrected chi connectivity index (χ4v) is 1.52. The third-order valence-electron chi connectivity index (χ3n) is 2.75. The van der Waals surface area contributed by atoms with Gasteiger partial charge in [0.2, 0.25) is 0 Å². The SMILES string of the molecule is CN(C)CCNC(C)(CN)CCCC(F)(F)F. The molecule has 0 aromatic rings. The monoisotopic (exact) mass is 255 g/mol. The van der Waals surface area contributed by atoms with E-state index in [0.717, 1.165) is 13.1 Å². The van der Waals surface area contributed by atoms with E-state index in [0.29, 0.717) is 13.0 Å². The summed E-state index contributed by atoms with van der Waals surface area (Å²) in [7, 11) is 3.90. The molecule has 0 aliphatic heterocycles. The summed E-state index contributed by atoms with van der Waals surface area (Å²) >= 11 is 0. The van der Waals surface area contributed by atoms with Gasteiger partial charge in [-0.15, -0.1) is 0 Å². The maximum Gasteiger partial charge on any atom is 0.389 e. The minimum Gasteiger partial charge on any atom is -0.329 e. The van der Waals surface area contributed by atoms with Gasteiger partial charge in [0.15, 0.2) is 0 Å². The second-order valence-electron chi connectivity index (χ2n) is 4.96. The molecular weight excluding hydrogens is 231 g/mol. The highest BCUT2D eigenvalue weighted by Gasteiger charge is 2.29. The van der Waals surface area contributed by atoms with Crippen LogP contribution >= 0.6 is 0 Å². The Morgan fingerprint density at radius 2 is 1.76 bits per heavy atom. The van der Waals surface area contributed by atoms with Crippen LogP contribution in [0.1, 0.15) is 26.2 Å². The van der Waals surface area contributed by atoms with E-state index < -0.39 is 18.1 Å². The van der Waals surface area contributed by atoms with Crippen molar-refractivity contribution in [2.75, 3.05) is 33.7 Å². The van der Waals surface area contributed by atoms with Gasteiger partial charge in [0.25, 0.3) is 0 Å². The van der Waals surface area contributed by atoms with Crippen LogP contribution in [0, 0.1) is 0 Å². The van der Waals surface area contributed by atoms with E-state index >= 15 is 0 Å². The summed E-state index contributed by atoms with van der Waals surface area (Å²) in [6.07, 6.45) is -4.25. The minimum absolute atomic E-state index is 0.117. The highest BCUT2D eigenvalue weighted by atomic mass is 19.4. The first-order chi connectivity index (χ1) is 7.68. The van der Waals surface area contributed by atoms with Crippen LogP contribution in [0.5, 0.6) is 0 Å². The fourth-order valence-electron chi connectivity index (χ4n) is 1.52. The molecule has 1 unspecified atom stereocenters. The Labute approximate surface area is 102 Å². The van der Waals surface area contributed by atoms with Gasteiger partial charge in [0.05, 0.1) is 0 Å². The standard InChI is InChI=1S/C11H24F3N3/c1-10(9-15,16-7-8-17(2)3)5-4-6-11(12,13)14/h16H,4-9,15H2,1-3H3. The Kier molecular flexibility index (Phi) is 7.04. The van der Waals surface area contributed by atoms with Crippen LogP contribution in [-0.4, -0.2) is 50.3 Å². The first kappa shape index (κ1) is 16.7. The second-order valence-corrected chi connectivity index (χ2v) is 4.96. The van der Waals surface area contributed by atoms with Crippen molar-refractivity contribution in [1.29, 1.82) is 0 Å². The lowest BCUT2D eigenvalue weighted by atomic mass is 9.94. The number of hydrogen-bond donors (Lipinski definition) is 2. The maximum absolute atomic E-state index is 12.0. The normalized spacial score (nSPS) is 16.2. The summed E-state index contributed by atoms with van der Waals surface area (Å²) in [6, 6.07) is 0. The van der Waals surface area contributed by atoms with Crippen LogP contribution in [0.4, 0.5) is 13.2 Å². The zero-order valence-corrected chi connectivity index (χ0v) is 10.9. The summed E-state index contributed by atoms with van der Waals surface area (Å²) < 4.78 is 36.1. The van der Waals surface area contributed by atoms with Gasteiger partial charge in [-0.3, -0.25) is 0 Å².